The molecule has 2 heterocycles. The van der Waals surface area contributed by atoms with Crippen LogP contribution >= 0.6 is 0 Å². The van der Waals surface area contributed by atoms with Crippen LogP contribution in [0.15, 0.2) is 6.07 Å². The van der Waals surface area contributed by atoms with Gasteiger partial charge in [0.1, 0.15) is 11.6 Å². The zero-order valence-electron chi connectivity index (χ0n) is 10.9. The zero-order valence-corrected chi connectivity index (χ0v) is 10.9. The first-order chi connectivity index (χ1) is 8.13. The van der Waals surface area contributed by atoms with Gasteiger partial charge in [0, 0.05) is 24.4 Å². The Morgan fingerprint density at radius 3 is 2.94 bits per heavy atom. The van der Waals surface area contributed by atoms with Gasteiger partial charge in [-0.3, -0.25) is 0 Å². The quantitative estimate of drug-likeness (QED) is 0.871. The highest BCUT2D eigenvalue weighted by Gasteiger charge is 2.18. The van der Waals surface area contributed by atoms with Gasteiger partial charge in [-0.1, -0.05) is 0 Å². The van der Waals surface area contributed by atoms with E-state index in [4.69, 9.17) is 4.74 Å². The van der Waals surface area contributed by atoms with Crippen LogP contribution in [0, 0.1) is 13.8 Å². The van der Waals surface area contributed by atoms with Gasteiger partial charge >= 0.3 is 0 Å². The molecule has 0 bridgehead atoms. The van der Waals surface area contributed by atoms with Gasteiger partial charge in [0.15, 0.2) is 0 Å². The number of hydrogen-bond acceptors (Lipinski definition) is 4. The van der Waals surface area contributed by atoms with Crippen LogP contribution in [0.25, 0.3) is 0 Å². The lowest BCUT2D eigenvalue weighted by Crippen LogP contribution is -2.22. The van der Waals surface area contributed by atoms with Crippen LogP contribution in [0.1, 0.15) is 37.7 Å². The molecule has 0 aromatic carbocycles. The zero-order chi connectivity index (χ0) is 12.3. The third-order valence-corrected chi connectivity index (χ3v) is 3.00. The molecule has 0 spiro atoms. The van der Waals surface area contributed by atoms with Gasteiger partial charge in [-0.25, -0.2) is 9.97 Å². The second-order valence-electron chi connectivity index (χ2n) is 4.86. The fourth-order valence-corrected chi connectivity index (χ4v) is 2.33. The highest BCUT2D eigenvalue weighted by atomic mass is 16.5. The largest absolute Gasteiger partial charge is 0.378 e. The molecule has 4 nitrogen and oxygen atoms in total. The van der Waals surface area contributed by atoms with Gasteiger partial charge in [-0.2, -0.15) is 0 Å². The summed E-state index contributed by atoms with van der Waals surface area (Å²) in [5, 5.41) is 3.42. The Hall–Kier alpha value is -1.16. The molecule has 17 heavy (non-hydrogen) atoms. The van der Waals surface area contributed by atoms with Crippen molar-refractivity contribution in [1.82, 2.24) is 9.97 Å². The Bertz CT molecular complexity index is 355. The molecule has 4 heteroatoms. The van der Waals surface area contributed by atoms with Crippen LogP contribution in [0.4, 0.5) is 5.82 Å². The minimum absolute atomic E-state index is 0.381. The smallest absolute Gasteiger partial charge is 0.130 e. The van der Waals surface area contributed by atoms with Gasteiger partial charge in [0.25, 0.3) is 0 Å². The van der Waals surface area contributed by atoms with E-state index in [1.54, 1.807) is 0 Å². The molecule has 2 atom stereocenters. The summed E-state index contributed by atoms with van der Waals surface area (Å²) in [6.45, 7) is 7.01. The van der Waals surface area contributed by atoms with E-state index in [1.807, 2.05) is 19.9 Å². The topological polar surface area (TPSA) is 47.0 Å². The van der Waals surface area contributed by atoms with Gasteiger partial charge < -0.3 is 10.1 Å². The molecule has 0 amide bonds. The van der Waals surface area contributed by atoms with Crippen molar-refractivity contribution >= 4 is 5.82 Å². The summed E-state index contributed by atoms with van der Waals surface area (Å²) >= 11 is 0. The Balaban J connectivity index is 1.90. The van der Waals surface area contributed by atoms with Crippen molar-refractivity contribution in [2.24, 2.45) is 0 Å². The van der Waals surface area contributed by atoms with E-state index < -0.39 is 0 Å². The molecule has 0 saturated carbocycles. The predicted octanol–water partition coefficient (Wildman–Crippen LogP) is 2.46. The molecule has 1 aliphatic rings. The standard InChI is InChI=1S/C13H21N3O/c1-9(7-12-5-4-6-17-12)15-13-8-10(2)14-11(3)16-13/h8-9,12H,4-7H2,1-3H3,(H,14,15,16). The first kappa shape index (κ1) is 12.3. The second kappa shape index (κ2) is 5.45. The maximum Gasteiger partial charge on any atom is 0.130 e. The van der Waals surface area contributed by atoms with Crippen molar-refractivity contribution in [2.75, 3.05) is 11.9 Å². The highest BCUT2D eigenvalue weighted by Crippen LogP contribution is 2.18. The number of nitrogens with one attached hydrogen (secondary N) is 1. The summed E-state index contributed by atoms with van der Waals surface area (Å²) in [5.74, 6) is 1.73. The van der Waals surface area contributed by atoms with Gasteiger partial charge in [-0.05, 0) is 40.0 Å². The van der Waals surface area contributed by atoms with Crippen LogP contribution in [-0.2, 0) is 4.74 Å². The predicted molar refractivity (Wildman–Crippen MR) is 68.2 cm³/mol. The third-order valence-electron chi connectivity index (χ3n) is 3.00. The van der Waals surface area contributed by atoms with Crippen LogP contribution < -0.4 is 5.32 Å². The molecule has 2 rings (SSSR count). The molecule has 0 radical (unpaired) electrons. The molecule has 0 aliphatic carbocycles. The third kappa shape index (κ3) is 3.66. The molecule has 1 fully saturated rings. The number of rotatable bonds is 4. The van der Waals surface area contributed by atoms with Crippen molar-refractivity contribution in [1.29, 1.82) is 0 Å². The lowest BCUT2D eigenvalue weighted by atomic mass is 10.1. The van der Waals surface area contributed by atoms with E-state index in [9.17, 15) is 0 Å². The maximum atomic E-state index is 5.64. The number of hydrogen-bond donors (Lipinski definition) is 1. The Morgan fingerprint density at radius 2 is 2.29 bits per heavy atom. The fourth-order valence-electron chi connectivity index (χ4n) is 2.33. The van der Waals surface area contributed by atoms with Crippen LogP contribution in [0.3, 0.4) is 0 Å². The van der Waals surface area contributed by atoms with Gasteiger partial charge in [-0.15, -0.1) is 0 Å². The number of nitrogens with zero attached hydrogens (tertiary/aromatic N) is 2. The first-order valence-corrected chi connectivity index (χ1v) is 6.34. The van der Waals surface area contributed by atoms with E-state index in [-0.39, 0.29) is 0 Å². The average Bonchev–Trinajstić information content (AvgIpc) is 2.67. The monoisotopic (exact) mass is 235 g/mol. The molecule has 1 aromatic heterocycles. The van der Waals surface area contributed by atoms with Crippen LogP contribution in [0.5, 0.6) is 0 Å². The number of aromatic nitrogens is 2. The fraction of sp³-hybridized carbons (Fsp3) is 0.692. The van der Waals surface area contributed by atoms with Crippen molar-refractivity contribution in [3.05, 3.63) is 17.6 Å². The highest BCUT2D eigenvalue weighted by molar-refractivity contribution is 5.36. The second-order valence-corrected chi connectivity index (χ2v) is 4.86. The van der Waals surface area contributed by atoms with Crippen LogP contribution in [-0.4, -0.2) is 28.7 Å². The summed E-state index contributed by atoms with van der Waals surface area (Å²) in [4.78, 5) is 8.65. The number of ether oxygens (including phenoxy) is 1. The van der Waals surface area contributed by atoms with E-state index in [0.717, 1.165) is 30.4 Å². The first-order valence-electron chi connectivity index (χ1n) is 6.34. The van der Waals surface area contributed by atoms with E-state index in [1.165, 1.54) is 12.8 Å². The molecule has 1 aliphatic heterocycles. The maximum absolute atomic E-state index is 5.64. The van der Waals surface area contributed by atoms with Crippen LogP contribution in [0.2, 0.25) is 0 Å². The van der Waals surface area contributed by atoms with Gasteiger partial charge in [0.2, 0.25) is 0 Å². The van der Waals surface area contributed by atoms with E-state index in [0.29, 0.717) is 12.1 Å². The molecular formula is C13H21N3O. The Kier molecular flexibility index (Phi) is 3.94. The Morgan fingerprint density at radius 1 is 1.47 bits per heavy atom. The van der Waals surface area contributed by atoms with Gasteiger partial charge in [0.05, 0.1) is 6.10 Å². The van der Waals surface area contributed by atoms with Crippen molar-refractivity contribution in [3.8, 4) is 0 Å². The lowest BCUT2D eigenvalue weighted by Gasteiger charge is -2.18. The number of aryl methyl sites for hydroxylation is 2. The van der Waals surface area contributed by atoms with Crippen molar-refractivity contribution in [2.45, 2.75) is 52.2 Å². The molecular weight excluding hydrogens is 214 g/mol. The van der Waals surface area contributed by atoms with Crippen molar-refractivity contribution in [3.63, 3.8) is 0 Å². The minimum Gasteiger partial charge on any atom is -0.378 e. The minimum atomic E-state index is 0.381. The number of anilines is 1. The molecule has 1 N–H and O–H groups in total. The summed E-state index contributed by atoms with van der Waals surface area (Å²) in [7, 11) is 0. The van der Waals surface area contributed by atoms with Crippen molar-refractivity contribution < 1.29 is 4.74 Å². The summed E-state index contributed by atoms with van der Waals surface area (Å²) in [5.41, 5.74) is 1.00. The normalized spacial score (nSPS) is 21.5. The Labute approximate surface area is 103 Å². The summed E-state index contributed by atoms with van der Waals surface area (Å²) < 4.78 is 5.64. The summed E-state index contributed by atoms with van der Waals surface area (Å²) in [6.07, 6.45) is 3.85. The SMILES string of the molecule is Cc1cc(NC(C)CC2CCCO2)nc(C)n1. The molecule has 1 aromatic rings. The molecule has 94 valence electrons. The molecule has 1 saturated heterocycles. The molecule has 2 unspecified atom stereocenters. The lowest BCUT2D eigenvalue weighted by molar-refractivity contribution is 0.101. The van der Waals surface area contributed by atoms with E-state index in [2.05, 4.69) is 22.2 Å². The average molecular weight is 235 g/mol. The summed E-state index contributed by atoms with van der Waals surface area (Å²) in [6, 6.07) is 2.37. The van der Waals surface area contributed by atoms with E-state index >= 15 is 0 Å².